The average Bonchev–Trinajstić information content (AvgIpc) is 2.36. The topological polar surface area (TPSA) is 55.9 Å². The molecule has 0 spiro atoms. The molecule has 0 aliphatic heterocycles. The number of nitrogens with zero attached hydrogens (tertiary/aromatic N) is 2. The van der Waals surface area contributed by atoms with E-state index in [1.54, 1.807) is 6.20 Å². The number of nitrogens with two attached hydrogens (primary N) is 1. The van der Waals surface area contributed by atoms with Crippen LogP contribution in [0.2, 0.25) is 0 Å². The van der Waals surface area contributed by atoms with Crippen LogP contribution in [0, 0.1) is 0 Å². The lowest BCUT2D eigenvalue weighted by Gasteiger charge is -2.07. The summed E-state index contributed by atoms with van der Waals surface area (Å²) in [6.07, 6.45) is 4.65. The number of anilines is 1. The van der Waals surface area contributed by atoms with Crippen LogP contribution in [-0.4, -0.2) is 22.1 Å². The zero-order chi connectivity index (χ0) is 8.97. The zero-order valence-corrected chi connectivity index (χ0v) is 7.62. The Balaban J connectivity index is 2.29. The molecule has 68 valence electrons. The van der Waals surface area contributed by atoms with Gasteiger partial charge in [0, 0.05) is 32.0 Å². The summed E-state index contributed by atoms with van der Waals surface area (Å²) in [5.74, 6) is 0.899. The van der Waals surface area contributed by atoms with Crippen molar-refractivity contribution in [3.63, 3.8) is 0 Å². The monoisotopic (exact) mass is 168 g/mol. The molecule has 0 saturated heterocycles. The van der Waals surface area contributed by atoms with Crippen LogP contribution in [0.3, 0.4) is 0 Å². The Labute approximate surface area is 72.8 Å². The lowest BCUT2D eigenvalue weighted by Crippen LogP contribution is -2.19. The highest BCUT2D eigenvalue weighted by Crippen LogP contribution is 2.00. The molecule has 12 heavy (non-hydrogen) atoms. The first-order chi connectivity index (χ1) is 5.70. The third-order valence-electron chi connectivity index (χ3n) is 1.70. The van der Waals surface area contributed by atoms with E-state index < -0.39 is 0 Å². The van der Waals surface area contributed by atoms with E-state index in [1.165, 1.54) is 0 Å². The Kier molecular flexibility index (Phi) is 3.10. The number of aryl methyl sites for hydroxylation is 1. The molecule has 4 nitrogen and oxygen atoms in total. The summed E-state index contributed by atoms with van der Waals surface area (Å²) in [6, 6.07) is 0.248. The maximum absolute atomic E-state index is 5.60. The summed E-state index contributed by atoms with van der Waals surface area (Å²) in [7, 11) is 1.96. The number of hydrogen-bond acceptors (Lipinski definition) is 3. The fourth-order valence-corrected chi connectivity index (χ4v) is 0.948. The van der Waals surface area contributed by atoms with Gasteiger partial charge in [-0.05, 0) is 13.3 Å². The molecular weight excluding hydrogens is 152 g/mol. The predicted molar refractivity (Wildman–Crippen MR) is 50.0 cm³/mol. The summed E-state index contributed by atoms with van der Waals surface area (Å²) < 4.78 is 1.95. The fourth-order valence-electron chi connectivity index (χ4n) is 0.948. The van der Waals surface area contributed by atoms with E-state index >= 15 is 0 Å². The molecule has 1 aromatic rings. The minimum Gasteiger partial charge on any atom is -0.356 e. The van der Waals surface area contributed by atoms with E-state index in [9.17, 15) is 0 Å². The van der Waals surface area contributed by atoms with Gasteiger partial charge in [0.05, 0.1) is 0 Å². The molecule has 0 radical (unpaired) electrons. The van der Waals surface area contributed by atoms with Crippen molar-refractivity contribution in [1.82, 2.24) is 9.55 Å². The second-order valence-corrected chi connectivity index (χ2v) is 3.05. The van der Waals surface area contributed by atoms with Crippen LogP contribution in [0.5, 0.6) is 0 Å². The summed E-state index contributed by atoms with van der Waals surface area (Å²) in [4.78, 5) is 4.12. The van der Waals surface area contributed by atoms with Crippen LogP contribution in [0.15, 0.2) is 12.4 Å². The molecule has 0 saturated carbocycles. The molecule has 0 aliphatic rings. The zero-order valence-electron chi connectivity index (χ0n) is 7.62. The van der Waals surface area contributed by atoms with Gasteiger partial charge in [0.25, 0.3) is 0 Å². The van der Waals surface area contributed by atoms with Gasteiger partial charge in [0.15, 0.2) is 0 Å². The smallest absolute Gasteiger partial charge is 0.202 e. The molecule has 1 aromatic heterocycles. The van der Waals surface area contributed by atoms with Crippen molar-refractivity contribution >= 4 is 5.95 Å². The predicted octanol–water partition coefficient (Wildman–Crippen LogP) is 0.569. The van der Waals surface area contributed by atoms with E-state index in [1.807, 2.05) is 24.7 Å². The van der Waals surface area contributed by atoms with Crippen molar-refractivity contribution < 1.29 is 0 Å². The average molecular weight is 168 g/mol. The Hall–Kier alpha value is -1.03. The lowest BCUT2D eigenvalue weighted by atomic mass is 10.2. The third-order valence-corrected chi connectivity index (χ3v) is 1.70. The van der Waals surface area contributed by atoms with Crippen LogP contribution < -0.4 is 11.1 Å². The second kappa shape index (κ2) is 4.11. The van der Waals surface area contributed by atoms with E-state index in [0.29, 0.717) is 0 Å². The molecule has 0 fully saturated rings. The molecular formula is C8H16N4. The molecule has 1 unspecified atom stereocenters. The first-order valence-electron chi connectivity index (χ1n) is 4.17. The largest absolute Gasteiger partial charge is 0.356 e. The maximum atomic E-state index is 5.60. The Morgan fingerprint density at radius 1 is 1.75 bits per heavy atom. The summed E-state index contributed by atoms with van der Waals surface area (Å²) in [5.41, 5.74) is 5.60. The molecule has 1 heterocycles. The van der Waals surface area contributed by atoms with Gasteiger partial charge in [-0.3, -0.25) is 0 Å². The third kappa shape index (κ3) is 2.54. The van der Waals surface area contributed by atoms with Crippen molar-refractivity contribution in [3.8, 4) is 0 Å². The highest BCUT2D eigenvalue weighted by molar-refractivity contribution is 5.24. The van der Waals surface area contributed by atoms with Gasteiger partial charge >= 0.3 is 0 Å². The molecule has 0 amide bonds. The number of aromatic nitrogens is 2. The summed E-state index contributed by atoms with van der Waals surface area (Å²) in [6.45, 7) is 2.88. The standard InChI is InChI=1S/C8H16N4/c1-7(9)3-4-10-8-11-5-6-12(8)2/h5-7H,3-4,9H2,1-2H3,(H,10,11). The fraction of sp³-hybridized carbons (Fsp3) is 0.625. The van der Waals surface area contributed by atoms with Crippen LogP contribution in [0.25, 0.3) is 0 Å². The van der Waals surface area contributed by atoms with Gasteiger partial charge in [0.2, 0.25) is 5.95 Å². The van der Waals surface area contributed by atoms with E-state index in [0.717, 1.165) is 18.9 Å². The van der Waals surface area contributed by atoms with Gasteiger partial charge in [0.1, 0.15) is 0 Å². The highest BCUT2D eigenvalue weighted by Gasteiger charge is 1.97. The van der Waals surface area contributed by atoms with Gasteiger partial charge in [-0.1, -0.05) is 0 Å². The Morgan fingerprint density at radius 2 is 2.50 bits per heavy atom. The van der Waals surface area contributed by atoms with Crippen LogP contribution >= 0.6 is 0 Å². The van der Waals surface area contributed by atoms with E-state index in [4.69, 9.17) is 5.73 Å². The van der Waals surface area contributed by atoms with E-state index in [-0.39, 0.29) is 6.04 Å². The number of imidazole rings is 1. The first-order valence-corrected chi connectivity index (χ1v) is 4.17. The van der Waals surface area contributed by atoms with Gasteiger partial charge in [-0.25, -0.2) is 4.98 Å². The number of nitrogens with one attached hydrogen (secondary N) is 1. The number of hydrogen-bond donors (Lipinski definition) is 2. The SMILES string of the molecule is CC(N)CCNc1nccn1C. The molecule has 0 aliphatic carbocycles. The van der Waals surface area contributed by atoms with Gasteiger partial charge in [-0.2, -0.15) is 0 Å². The number of rotatable bonds is 4. The quantitative estimate of drug-likeness (QED) is 0.691. The molecule has 4 heteroatoms. The highest BCUT2D eigenvalue weighted by atomic mass is 15.2. The second-order valence-electron chi connectivity index (χ2n) is 3.05. The van der Waals surface area contributed by atoms with Crippen molar-refractivity contribution in [2.75, 3.05) is 11.9 Å². The summed E-state index contributed by atoms with van der Waals surface area (Å²) >= 11 is 0. The molecule has 1 atom stereocenters. The molecule has 1 rings (SSSR count). The van der Waals surface area contributed by atoms with Gasteiger partial charge in [-0.15, -0.1) is 0 Å². The molecule has 0 aromatic carbocycles. The van der Waals surface area contributed by atoms with Crippen molar-refractivity contribution in [3.05, 3.63) is 12.4 Å². The van der Waals surface area contributed by atoms with Crippen LogP contribution in [0.4, 0.5) is 5.95 Å². The van der Waals surface area contributed by atoms with E-state index in [2.05, 4.69) is 10.3 Å². The van der Waals surface area contributed by atoms with Crippen molar-refractivity contribution in [1.29, 1.82) is 0 Å². The molecule has 3 N–H and O–H groups in total. The van der Waals surface area contributed by atoms with Crippen molar-refractivity contribution in [2.45, 2.75) is 19.4 Å². The van der Waals surface area contributed by atoms with Crippen molar-refractivity contribution in [2.24, 2.45) is 12.8 Å². The first kappa shape index (κ1) is 9.06. The van der Waals surface area contributed by atoms with Crippen LogP contribution in [0.1, 0.15) is 13.3 Å². The van der Waals surface area contributed by atoms with Gasteiger partial charge < -0.3 is 15.6 Å². The Bertz CT molecular complexity index is 229. The normalized spacial score (nSPS) is 12.9. The Morgan fingerprint density at radius 3 is 3.00 bits per heavy atom. The maximum Gasteiger partial charge on any atom is 0.202 e. The molecule has 0 bridgehead atoms. The lowest BCUT2D eigenvalue weighted by molar-refractivity contribution is 0.685. The summed E-state index contributed by atoms with van der Waals surface area (Å²) in [5, 5.41) is 3.20. The van der Waals surface area contributed by atoms with Crippen LogP contribution in [-0.2, 0) is 7.05 Å². The minimum atomic E-state index is 0.248. The minimum absolute atomic E-state index is 0.248.